The minimum absolute atomic E-state index is 0.0755. The molecule has 0 radical (unpaired) electrons. The maximum Gasteiger partial charge on any atom is 0.220 e. The number of hydrogen-bond acceptors (Lipinski definition) is 2. The molecule has 1 aromatic rings. The van der Waals surface area contributed by atoms with Crippen molar-refractivity contribution in [3.05, 3.63) is 34.1 Å². The molecule has 16 heavy (non-hydrogen) atoms. The van der Waals surface area contributed by atoms with E-state index in [0.717, 1.165) is 0 Å². The van der Waals surface area contributed by atoms with E-state index in [-0.39, 0.29) is 11.7 Å². The normalized spacial score (nSPS) is 10.2. The molecule has 1 rings (SSSR count). The average Bonchev–Trinajstić information content (AvgIpc) is 2.28. The summed E-state index contributed by atoms with van der Waals surface area (Å²) < 4.78 is 13.9. The minimum atomic E-state index is -0.288. The van der Waals surface area contributed by atoms with Gasteiger partial charge in [-0.05, 0) is 34.0 Å². The Balaban J connectivity index is 2.48. The summed E-state index contributed by atoms with van der Waals surface area (Å²) in [5.41, 5.74) is 0.551. The molecule has 0 unspecified atom stereocenters. The molecule has 0 atom stereocenters. The second-order valence-corrected chi connectivity index (χ2v) is 4.59. The molecular formula is C11H13BrFNOS. The van der Waals surface area contributed by atoms with Crippen LogP contribution in [-0.4, -0.2) is 18.2 Å². The van der Waals surface area contributed by atoms with Gasteiger partial charge in [0.2, 0.25) is 5.91 Å². The summed E-state index contributed by atoms with van der Waals surface area (Å²) in [7, 11) is 0. The number of thiol groups is 1. The van der Waals surface area contributed by atoms with Crippen LogP contribution in [0.4, 0.5) is 4.39 Å². The number of halogens is 2. The van der Waals surface area contributed by atoms with Crippen molar-refractivity contribution in [2.45, 2.75) is 12.8 Å². The second-order valence-electron chi connectivity index (χ2n) is 3.29. The zero-order valence-electron chi connectivity index (χ0n) is 8.67. The predicted molar refractivity (Wildman–Crippen MR) is 69.3 cm³/mol. The molecule has 1 amide bonds. The van der Waals surface area contributed by atoms with Crippen LogP contribution in [0, 0.1) is 5.82 Å². The summed E-state index contributed by atoms with van der Waals surface area (Å²) in [6, 6.07) is 5.08. The molecule has 0 saturated carbocycles. The summed E-state index contributed by atoms with van der Waals surface area (Å²) in [6.07, 6.45) is 0.699. The number of carbonyl (C=O) groups is 1. The Hall–Kier alpha value is -0.550. The Morgan fingerprint density at radius 1 is 1.50 bits per heavy atom. The number of benzene rings is 1. The molecule has 0 aliphatic rings. The lowest BCUT2D eigenvalue weighted by molar-refractivity contribution is -0.120. The third-order valence-corrected chi connectivity index (χ3v) is 2.92. The minimum Gasteiger partial charge on any atom is -0.355 e. The van der Waals surface area contributed by atoms with Crippen LogP contribution in [0.15, 0.2) is 22.7 Å². The van der Waals surface area contributed by atoms with Gasteiger partial charge in [0.25, 0.3) is 0 Å². The van der Waals surface area contributed by atoms with Crippen molar-refractivity contribution in [3.63, 3.8) is 0 Å². The van der Waals surface area contributed by atoms with E-state index >= 15 is 0 Å². The van der Waals surface area contributed by atoms with Gasteiger partial charge in [0.15, 0.2) is 0 Å². The molecule has 0 bridgehead atoms. The molecule has 88 valence electrons. The van der Waals surface area contributed by atoms with E-state index in [0.29, 0.717) is 35.2 Å². The van der Waals surface area contributed by atoms with E-state index in [2.05, 4.69) is 33.9 Å². The summed E-state index contributed by atoms with van der Waals surface area (Å²) >= 11 is 7.09. The van der Waals surface area contributed by atoms with Gasteiger partial charge in [0.1, 0.15) is 5.82 Å². The van der Waals surface area contributed by atoms with Crippen molar-refractivity contribution < 1.29 is 9.18 Å². The number of carbonyl (C=O) groups excluding carboxylic acids is 1. The number of aryl methyl sites for hydroxylation is 1. The van der Waals surface area contributed by atoms with E-state index in [4.69, 9.17) is 0 Å². The first-order valence-corrected chi connectivity index (χ1v) is 6.38. The quantitative estimate of drug-likeness (QED) is 0.804. The highest BCUT2D eigenvalue weighted by Gasteiger charge is 2.07. The molecule has 5 heteroatoms. The van der Waals surface area contributed by atoms with Gasteiger partial charge < -0.3 is 5.32 Å². The summed E-state index contributed by atoms with van der Waals surface area (Å²) in [4.78, 5) is 11.3. The summed E-state index contributed by atoms with van der Waals surface area (Å²) in [6.45, 7) is 0.545. The van der Waals surface area contributed by atoms with Crippen molar-refractivity contribution in [2.75, 3.05) is 12.3 Å². The Bertz CT molecular complexity index is 373. The molecule has 0 aliphatic carbocycles. The van der Waals surface area contributed by atoms with E-state index in [1.807, 2.05) is 0 Å². The monoisotopic (exact) mass is 305 g/mol. The van der Waals surface area contributed by atoms with Crippen molar-refractivity contribution >= 4 is 34.5 Å². The standard InChI is InChI=1S/C11H13BrFNOS/c12-9-3-1-2-8(11(9)13)4-5-10(15)14-6-7-16/h1-3,16H,4-7H2,(H,14,15). The Kier molecular flexibility index (Phi) is 5.84. The average molecular weight is 306 g/mol. The van der Waals surface area contributed by atoms with Crippen LogP contribution in [-0.2, 0) is 11.2 Å². The molecule has 0 fully saturated rings. The maximum absolute atomic E-state index is 13.5. The highest BCUT2D eigenvalue weighted by molar-refractivity contribution is 9.10. The molecule has 0 aromatic heterocycles. The first kappa shape index (κ1) is 13.5. The van der Waals surface area contributed by atoms with Crippen LogP contribution >= 0.6 is 28.6 Å². The lowest BCUT2D eigenvalue weighted by Gasteiger charge is -2.05. The molecule has 1 N–H and O–H groups in total. The fourth-order valence-electron chi connectivity index (χ4n) is 1.27. The fourth-order valence-corrected chi connectivity index (χ4v) is 1.79. The van der Waals surface area contributed by atoms with E-state index in [1.54, 1.807) is 18.2 Å². The smallest absolute Gasteiger partial charge is 0.220 e. The van der Waals surface area contributed by atoms with Gasteiger partial charge in [0, 0.05) is 18.7 Å². The first-order chi connectivity index (χ1) is 7.65. The molecule has 0 spiro atoms. The highest BCUT2D eigenvalue weighted by atomic mass is 79.9. The van der Waals surface area contributed by atoms with Crippen LogP contribution in [0.5, 0.6) is 0 Å². The van der Waals surface area contributed by atoms with Crippen molar-refractivity contribution in [3.8, 4) is 0 Å². The van der Waals surface area contributed by atoms with Crippen LogP contribution in [0.3, 0.4) is 0 Å². The zero-order chi connectivity index (χ0) is 12.0. The second kappa shape index (κ2) is 6.91. The van der Waals surface area contributed by atoms with Crippen LogP contribution in [0.1, 0.15) is 12.0 Å². The number of hydrogen-bond donors (Lipinski definition) is 2. The van der Waals surface area contributed by atoms with E-state index < -0.39 is 0 Å². The fraction of sp³-hybridized carbons (Fsp3) is 0.364. The third-order valence-electron chi connectivity index (χ3n) is 2.09. The molecule has 0 saturated heterocycles. The van der Waals surface area contributed by atoms with Gasteiger partial charge >= 0.3 is 0 Å². The molecule has 0 aliphatic heterocycles. The lowest BCUT2D eigenvalue weighted by Crippen LogP contribution is -2.25. The molecular weight excluding hydrogens is 293 g/mol. The van der Waals surface area contributed by atoms with Gasteiger partial charge in [-0.2, -0.15) is 12.6 Å². The number of nitrogens with one attached hydrogen (secondary N) is 1. The van der Waals surface area contributed by atoms with Gasteiger partial charge in [-0.1, -0.05) is 12.1 Å². The molecule has 0 heterocycles. The lowest BCUT2D eigenvalue weighted by atomic mass is 10.1. The van der Waals surface area contributed by atoms with E-state index in [1.165, 1.54) is 0 Å². The SMILES string of the molecule is O=C(CCc1cccc(Br)c1F)NCCS. The number of amides is 1. The molecule has 2 nitrogen and oxygen atoms in total. The predicted octanol–water partition coefficient (Wildman–Crippen LogP) is 2.57. The van der Waals surface area contributed by atoms with Crippen LogP contribution in [0.25, 0.3) is 0 Å². The summed E-state index contributed by atoms with van der Waals surface area (Å²) in [5, 5.41) is 2.69. The van der Waals surface area contributed by atoms with Crippen molar-refractivity contribution in [1.29, 1.82) is 0 Å². The topological polar surface area (TPSA) is 29.1 Å². The maximum atomic E-state index is 13.5. The Morgan fingerprint density at radius 3 is 2.94 bits per heavy atom. The number of rotatable bonds is 5. The Labute approximate surface area is 108 Å². The van der Waals surface area contributed by atoms with Crippen molar-refractivity contribution in [1.82, 2.24) is 5.32 Å². The Morgan fingerprint density at radius 2 is 2.25 bits per heavy atom. The van der Waals surface area contributed by atoms with Crippen LogP contribution < -0.4 is 5.32 Å². The highest BCUT2D eigenvalue weighted by Crippen LogP contribution is 2.19. The summed E-state index contributed by atoms with van der Waals surface area (Å²) in [5.74, 6) is 0.245. The van der Waals surface area contributed by atoms with Gasteiger partial charge in [0.05, 0.1) is 4.47 Å². The van der Waals surface area contributed by atoms with Gasteiger partial charge in [-0.15, -0.1) is 0 Å². The largest absolute Gasteiger partial charge is 0.355 e. The first-order valence-electron chi connectivity index (χ1n) is 4.95. The van der Waals surface area contributed by atoms with Gasteiger partial charge in [-0.25, -0.2) is 4.39 Å². The van der Waals surface area contributed by atoms with Crippen molar-refractivity contribution in [2.24, 2.45) is 0 Å². The molecule has 1 aromatic carbocycles. The third kappa shape index (κ3) is 4.14. The van der Waals surface area contributed by atoms with Gasteiger partial charge in [-0.3, -0.25) is 4.79 Å². The van der Waals surface area contributed by atoms with E-state index in [9.17, 15) is 9.18 Å². The van der Waals surface area contributed by atoms with Crippen LogP contribution in [0.2, 0.25) is 0 Å². The zero-order valence-corrected chi connectivity index (χ0v) is 11.2.